The molecular weight excluding hydrogens is 428 g/mol. The highest BCUT2D eigenvalue weighted by molar-refractivity contribution is 5.95. The number of nitrogens with zero attached hydrogens (tertiary/aromatic N) is 3. The summed E-state index contributed by atoms with van der Waals surface area (Å²) < 4.78 is 5.58. The van der Waals surface area contributed by atoms with Crippen molar-refractivity contribution in [3.05, 3.63) is 96.1 Å². The Morgan fingerprint density at radius 1 is 1.00 bits per heavy atom. The van der Waals surface area contributed by atoms with E-state index in [0.717, 1.165) is 29.7 Å². The van der Waals surface area contributed by atoms with Crippen LogP contribution in [0.1, 0.15) is 34.6 Å². The number of benzene rings is 2. The number of ether oxygens (including phenoxy) is 1. The van der Waals surface area contributed by atoms with Gasteiger partial charge in [0.05, 0.1) is 12.1 Å². The molecule has 0 bridgehead atoms. The van der Waals surface area contributed by atoms with Gasteiger partial charge in [0, 0.05) is 42.4 Å². The summed E-state index contributed by atoms with van der Waals surface area (Å²) in [4.78, 5) is 21.8. The van der Waals surface area contributed by atoms with E-state index in [0.29, 0.717) is 37.0 Å². The summed E-state index contributed by atoms with van der Waals surface area (Å²) in [6, 6.07) is 21.4. The van der Waals surface area contributed by atoms with E-state index in [1.165, 1.54) is 0 Å². The summed E-state index contributed by atoms with van der Waals surface area (Å²) in [6.07, 6.45) is 4.91. The van der Waals surface area contributed by atoms with Gasteiger partial charge in [0.15, 0.2) is 5.82 Å². The number of rotatable bonds is 7. The first-order valence-corrected chi connectivity index (χ1v) is 11.3. The van der Waals surface area contributed by atoms with Gasteiger partial charge in [0.1, 0.15) is 5.82 Å². The van der Waals surface area contributed by atoms with Gasteiger partial charge in [-0.2, -0.15) is 5.10 Å². The molecule has 1 amide bonds. The number of anilines is 1. The molecule has 0 radical (unpaired) electrons. The number of carbonyl (C=O) groups is 1. The third-order valence-electron chi connectivity index (χ3n) is 6.08. The molecule has 5 rings (SSSR count). The second-order valence-electron chi connectivity index (χ2n) is 8.29. The van der Waals surface area contributed by atoms with Gasteiger partial charge in [-0.25, -0.2) is 4.98 Å². The minimum atomic E-state index is -0.427. The fraction of sp³-hybridized carbons (Fsp3) is 0.231. The minimum absolute atomic E-state index is 0.103. The number of hydrogen-bond acceptors (Lipinski definition) is 6. The molecule has 0 saturated carbocycles. The van der Waals surface area contributed by atoms with Crippen molar-refractivity contribution in [3.8, 4) is 11.4 Å². The maximum absolute atomic E-state index is 13.3. The van der Waals surface area contributed by atoms with Gasteiger partial charge in [0.25, 0.3) is 5.91 Å². The Hall–Kier alpha value is -4.04. The molecule has 3 N–H and O–H groups in total. The molecule has 34 heavy (non-hydrogen) atoms. The number of H-pyrrole nitrogens is 1. The van der Waals surface area contributed by atoms with Crippen molar-refractivity contribution in [2.24, 2.45) is 0 Å². The van der Waals surface area contributed by atoms with Crippen LogP contribution >= 0.6 is 0 Å². The Morgan fingerprint density at radius 3 is 2.59 bits per heavy atom. The summed E-state index contributed by atoms with van der Waals surface area (Å²) in [5, 5.41) is 13.8. The normalized spacial score (nSPS) is 14.9. The van der Waals surface area contributed by atoms with E-state index in [9.17, 15) is 4.79 Å². The average Bonchev–Trinajstić information content (AvgIpc) is 3.38. The maximum atomic E-state index is 13.3. The molecule has 8 nitrogen and oxygen atoms in total. The summed E-state index contributed by atoms with van der Waals surface area (Å²) in [5.74, 6) is 1.22. The van der Waals surface area contributed by atoms with Crippen LogP contribution in [0.2, 0.25) is 0 Å². The van der Waals surface area contributed by atoms with Crippen LogP contribution in [-0.2, 0) is 16.8 Å². The van der Waals surface area contributed by atoms with Gasteiger partial charge in [-0.3, -0.25) is 14.9 Å². The average molecular weight is 455 g/mol. The van der Waals surface area contributed by atoms with E-state index < -0.39 is 5.54 Å². The van der Waals surface area contributed by atoms with E-state index in [4.69, 9.17) is 4.74 Å². The van der Waals surface area contributed by atoms with Crippen molar-refractivity contribution in [1.29, 1.82) is 0 Å². The number of amides is 1. The Bertz CT molecular complexity index is 1240. The molecule has 0 spiro atoms. The smallest absolute Gasteiger partial charge is 0.252 e. The lowest BCUT2D eigenvalue weighted by atomic mass is 9.82. The molecule has 0 unspecified atom stereocenters. The monoisotopic (exact) mass is 454 g/mol. The van der Waals surface area contributed by atoms with Crippen molar-refractivity contribution in [3.63, 3.8) is 0 Å². The second kappa shape index (κ2) is 9.84. The summed E-state index contributed by atoms with van der Waals surface area (Å²) in [6.45, 7) is 1.69. The van der Waals surface area contributed by atoms with Crippen molar-refractivity contribution in [2.45, 2.75) is 24.9 Å². The first-order chi connectivity index (χ1) is 16.7. The van der Waals surface area contributed by atoms with Gasteiger partial charge in [-0.05, 0) is 48.7 Å². The molecule has 8 heteroatoms. The number of hydrogen-bond donors (Lipinski definition) is 3. The van der Waals surface area contributed by atoms with E-state index in [1.807, 2.05) is 54.6 Å². The van der Waals surface area contributed by atoms with Crippen LogP contribution in [0, 0.1) is 0 Å². The molecule has 2 aromatic carbocycles. The van der Waals surface area contributed by atoms with Crippen LogP contribution in [0.25, 0.3) is 11.4 Å². The fourth-order valence-electron chi connectivity index (χ4n) is 4.21. The lowest BCUT2D eigenvalue weighted by Crippen LogP contribution is -2.49. The van der Waals surface area contributed by atoms with Gasteiger partial charge in [0.2, 0.25) is 0 Å². The van der Waals surface area contributed by atoms with Crippen molar-refractivity contribution < 1.29 is 9.53 Å². The predicted octanol–water partition coefficient (Wildman–Crippen LogP) is 3.91. The summed E-state index contributed by atoms with van der Waals surface area (Å²) >= 11 is 0. The molecular formula is C26H26N6O2. The lowest BCUT2D eigenvalue weighted by molar-refractivity contribution is 0.0345. The van der Waals surface area contributed by atoms with Gasteiger partial charge >= 0.3 is 0 Å². The highest BCUT2D eigenvalue weighted by atomic mass is 16.5. The van der Waals surface area contributed by atoms with Gasteiger partial charge < -0.3 is 15.4 Å². The molecule has 1 aliphatic rings. The standard InChI is InChI=1S/C26H26N6O2/c33-25(30-26(11-15-34-16-12-26)21-6-2-1-3-7-21)20-5-4-8-22(17-20)28-18-23-29-24(32-31-23)19-9-13-27-14-10-19/h1-10,13-14,17,28H,11-12,15-16,18H2,(H,30,33)(H,29,31,32). The first-order valence-electron chi connectivity index (χ1n) is 11.3. The minimum Gasteiger partial charge on any atom is -0.381 e. The predicted molar refractivity (Wildman–Crippen MR) is 129 cm³/mol. The number of carbonyl (C=O) groups excluding carboxylic acids is 1. The molecule has 0 atom stereocenters. The van der Waals surface area contributed by atoms with Crippen LogP contribution in [0.15, 0.2) is 79.1 Å². The largest absolute Gasteiger partial charge is 0.381 e. The number of aromatic amines is 1. The van der Waals surface area contributed by atoms with E-state index in [-0.39, 0.29) is 5.91 Å². The first kappa shape index (κ1) is 21.8. The van der Waals surface area contributed by atoms with Crippen LogP contribution in [-0.4, -0.2) is 39.3 Å². The molecule has 2 aromatic heterocycles. The third kappa shape index (κ3) is 4.82. The highest BCUT2D eigenvalue weighted by Crippen LogP contribution is 2.32. The molecule has 3 heterocycles. The Balaban J connectivity index is 1.27. The zero-order valence-electron chi connectivity index (χ0n) is 18.7. The van der Waals surface area contributed by atoms with Crippen LogP contribution in [0.5, 0.6) is 0 Å². The van der Waals surface area contributed by atoms with Crippen LogP contribution in [0.3, 0.4) is 0 Å². The SMILES string of the molecule is O=C(NC1(c2ccccc2)CCOCC1)c1cccc(NCc2nc(-c3ccncc3)n[nH]2)c1. The fourth-order valence-corrected chi connectivity index (χ4v) is 4.21. The quantitative estimate of drug-likeness (QED) is 0.391. The van der Waals surface area contributed by atoms with Crippen LogP contribution in [0.4, 0.5) is 5.69 Å². The Labute approximate surface area is 197 Å². The van der Waals surface area contributed by atoms with E-state index in [1.54, 1.807) is 12.4 Å². The van der Waals surface area contributed by atoms with Crippen molar-refractivity contribution >= 4 is 11.6 Å². The third-order valence-corrected chi connectivity index (χ3v) is 6.08. The summed E-state index contributed by atoms with van der Waals surface area (Å²) in [5.41, 5.74) is 3.01. The van der Waals surface area contributed by atoms with Crippen LogP contribution < -0.4 is 10.6 Å². The lowest BCUT2D eigenvalue weighted by Gasteiger charge is -2.38. The molecule has 172 valence electrons. The Morgan fingerprint density at radius 2 is 1.79 bits per heavy atom. The van der Waals surface area contributed by atoms with Crippen molar-refractivity contribution in [2.75, 3.05) is 18.5 Å². The Kier molecular flexibility index (Phi) is 6.31. The molecule has 1 saturated heterocycles. The number of aromatic nitrogens is 4. The zero-order valence-corrected chi connectivity index (χ0v) is 18.7. The molecule has 4 aromatic rings. The van der Waals surface area contributed by atoms with Gasteiger partial charge in [-0.1, -0.05) is 36.4 Å². The number of pyridine rings is 1. The highest BCUT2D eigenvalue weighted by Gasteiger charge is 2.36. The summed E-state index contributed by atoms with van der Waals surface area (Å²) in [7, 11) is 0. The van der Waals surface area contributed by atoms with E-state index in [2.05, 4.69) is 42.9 Å². The second-order valence-corrected chi connectivity index (χ2v) is 8.29. The topological polar surface area (TPSA) is 105 Å². The van der Waals surface area contributed by atoms with E-state index >= 15 is 0 Å². The maximum Gasteiger partial charge on any atom is 0.252 e. The molecule has 0 aliphatic carbocycles. The number of nitrogens with one attached hydrogen (secondary N) is 3. The molecule has 1 fully saturated rings. The zero-order chi connectivity index (χ0) is 23.2. The molecule has 1 aliphatic heterocycles. The van der Waals surface area contributed by atoms with Crippen molar-refractivity contribution in [1.82, 2.24) is 25.5 Å². The van der Waals surface area contributed by atoms with Gasteiger partial charge in [-0.15, -0.1) is 0 Å².